The lowest BCUT2D eigenvalue weighted by molar-refractivity contribution is 0.536. The highest BCUT2D eigenvalue weighted by Crippen LogP contribution is 2.06. The molecule has 0 aliphatic rings. The van der Waals surface area contributed by atoms with Crippen molar-refractivity contribution in [2.45, 2.75) is 26.4 Å². The molecular formula is C12H17N5. The summed E-state index contributed by atoms with van der Waals surface area (Å²) in [4.78, 5) is 8.55. The Balaban J connectivity index is 1.92. The third-order valence-corrected chi connectivity index (χ3v) is 2.57. The van der Waals surface area contributed by atoms with Gasteiger partial charge in [-0.25, -0.2) is 4.98 Å². The number of hydrogen-bond donors (Lipinski definition) is 1. The van der Waals surface area contributed by atoms with E-state index >= 15 is 0 Å². The molecule has 0 saturated carbocycles. The Labute approximate surface area is 101 Å². The van der Waals surface area contributed by atoms with Crippen molar-refractivity contribution in [2.75, 3.05) is 0 Å². The van der Waals surface area contributed by atoms with Crippen molar-refractivity contribution in [3.63, 3.8) is 0 Å². The molecule has 0 fully saturated rings. The van der Waals surface area contributed by atoms with Gasteiger partial charge >= 0.3 is 0 Å². The molecule has 90 valence electrons. The standard InChI is InChI=1S/C12H17N5/c1-9-4-5-11(14-6-9)7-13-10(2)12-15-8-17(3)16-12/h4-6,8,10,13H,7H2,1-3H3. The molecule has 0 amide bonds. The monoisotopic (exact) mass is 231 g/mol. The van der Waals surface area contributed by atoms with E-state index < -0.39 is 0 Å². The van der Waals surface area contributed by atoms with Crippen LogP contribution in [0, 0.1) is 6.92 Å². The van der Waals surface area contributed by atoms with Crippen molar-refractivity contribution >= 4 is 0 Å². The summed E-state index contributed by atoms with van der Waals surface area (Å²) in [6.07, 6.45) is 3.58. The van der Waals surface area contributed by atoms with Crippen LogP contribution in [0.15, 0.2) is 24.7 Å². The molecule has 0 radical (unpaired) electrons. The number of aryl methyl sites for hydroxylation is 2. The van der Waals surface area contributed by atoms with Crippen LogP contribution in [-0.2, 0) is 13.6 Å². The van der Waals surface area contributed by atoms with Crippen molar-refractivity contribution in [1.82, 2.24) is 25.1 Å². The lowest BCUT2D eigenvalue weighted by Crippen LogP contribution is -2.20. The van der Waals surface area contributed by atoms with Crippen LogP contribution in [0.25, 0.3) is 0 Å². The van der Waals surface area contributed by atoms with Gasteiger partial charge in [-0.15, -0.1) is 0 Å². The first kappa shape index (κ1) is 11.7. The average Bonchev–Trinajstić information content (AvgIpc) is 2.75. The number of hydrogen-bond acceptors (Lipinski definition) is 4. The maximum atomic E-state index is 4.34. The third kappa shape index (κ3) is 3.10. The summed E-state index contributed by atoms with van der Waals surface area (Å²) >= 11 is 0. The maximum absolute atomic E-state index is 4.34. The molecule has 2 aromatic heterocycles. The van der Waals surface area contributed by atoms with Crippen LogP contribution in [0.3, 0.4) is 0 Å². The predicted octanol–water partition coefficient (Wildman–Crippen LogP) is 1.37. The fourth-order valence-corrected chi connectivity index (χ4v) is 1.51. The molecular weight excluding hydrogens is 214 g/mol. The summed E-state index contributed by atoms with van der Waals surface area (Å²) in [5, 5.41) is 7.61. The SMILES string of the molecule is Cc1ccc(CNC(C)c2ncn(C)n2)nc1. The quantitative estimate of drug-likeness (QED) is 0.863. The van der Waals surface area contributed by atoms with E-state index in [-0.39, 0.29) is 6.04 Å². The molecule has 2 aromatic rings. The number of rotatable bonds is 4. The summed E-state index contributed by atoms with van der Waals surface area (Å²) in [6.45, 7) is 4.80. The smallest absolute Gasteiger partial charge is 0.167 e. The van der Waals surface area contributed by atoms with E-state index in [2.05, 4.69) is 26.4 Å². The number of nitrogens with one attached hydrogen (secondary N) is 1. The van der Waals surface area contributed by atoms with Crippen LogP contribution in [-0.4, -0.2) is 19.7 Å². The Hall–Kier alpha value is -1.75. The van der Waals surface area contributed by atoms with E-state index in [0.29, 0.717) is 0 Å². The van der Waals surface area contributed by atoms with Gasteiger partial charge in [0.2, 0.25) is 0 Å². The molecule has 0 aliphatic carbocycles. The zero-order chi connectivity index (χ0) is 12.3. The largest absolute Gasteiger partial charge is 0.302 e. The van der Waals surface area contributed by atoms with E-state index in [0.717, 1.165) is 18.1 Å². The molecule has 17 heavy (non-hydrogen) atoms. The van der Waals surface area contributed by atoms with Crippen molar-refractivity contribution in [3.8, 4) is 0 Å². The summed E-state index contributed by atoms with van der Waals surface area (Å²) in [5.74, 6) is 0.805. The minimum Gasteiger partial charge on any atom is -0.302 e. The summed E-state index contributed by atoms with van der Waals surface area (Å²) in [7, 11) is 1.87. The van der Waals surface area contributed by atoms with Crippen molar-refractivity contribution < 1.29 is 0 Å². The highest BCUT2D eigenvalue weighted by atomic mass is 15.3. The zero-order valence-electron chi connectivity index (χ0n) is 10.4. The molecule has 1 unspecified atom stereocenters. The first-order valence-corrected chi connectivity index (χ1v) is 5.65. The van der Waals surface area contributed by atoms with Gasteiger partial charge in [0.25, 0.3) is 0 Å². The molecule has 5 nitrogen and oxygen atoms in total. The highest BCUT2D eigenvalue weighted by molar-refractivity contribution is 5.12. The van der Waals surface area contributed by atoms with Gasteiger partial charge in [-0.05, 0) is 25.5 Å². The minimum atomic E-state index is 0.124. The molecule has 0 aromatic carbocycles. The van der Waals surface area contributed by atoms with Gasteiger partial charge in [-0.3, -0.25) is 9.67 Å². The van der Waals surface area contributed by atoms with Crippen molar-refractivity contribution in [2.24, 2.45) is 7.05 Å². The van der Waals surface area contributed by atoms with Gasteiger partial charge in [0.15, 0.2) is 5.82 Å². The molecule has 0 saturated heterocycles. The Kier molecular flexibility index (Phi) is 3.49. The number of pyridine rings is 1. The lowest BCUT2D eigenvalue weighted by atomic mass is 10.2. The van der Waals surface area contributed by atoms with Crippen LogP contribution >= 0.6 is 0 Å². The van der Waals surface area contributed by atoms with Crippen molar-refractivity contribution in [1.29, 1.82) is 0 Å². The fourth-order valence-electron chi connectivity index (χ4n) is 1.51. The van der Waals surface area contributed by atoms with Gasteiger partial charge in [-0.2, -0.15) is 5.10 Å². The van der Waals surface area contributed by atoms with E-state index in [9.17, 15) is 0 Å². The van der Waals surface area contributed by atoms with Gasteiger partial charge < -0.3 is 5.32 Å². The predicted molar refractivity (Wildman–Crippen MR) is 65.2 cm³/mol. The molecule has 1 atom stereocenters. The van der Waals surface area contributed by atoms with E-state index in [4.69, 9.17) is 0 Å². The Morgan fingerprint density at radius 2 is 2.18 bits per heavy atom. The van der Waals surface area contributed by atoms with Crippen LogP contribution in [0.4, 0.5) is 0 Å². The average molecular weight is 231 g/mol. The van der Waals surface area contributed by atoms with Crippen LogP contribution in [0.5, 0.6) is 0 Å². The summed E-state index contributed by atoms with van der Waals surface area (Å²) in [5.41, 5.74) is 2.20. The molecule has 0 aliphatic heterocycles. The number of aromatic nitrogens is 4. The number of nitrogens with zero attached hydrogens (tertiary/aromatic N) is 4. The molecule has 0 spiro atoms. The summed E-state index contributed by atoms with van der Waals surface area (Å²) < 4.78 is 1.71. The van der Waals surface area contributed by atoms with E-state index in [1.54, 1.807) is 11.0 Å². The first-order valence-electron chi connectivity index (χ1n) is 5.65. The highest BCUT2D eigenvalue weighted by Gasteiger charge is 2.09. The molecule has 0 bridgehead atoms. The van der Waals surface area contributed by atoms with Crippen LogP contribution in [0.1, 0.15) is 30.0 Å². The molecule has 2 rings (SSSR count). The first-order chi connectivity index (χ1) is 8.15. The van der Waals surface area contributed by atoms with Gasteiger partial charge in [0.1, 0.15) is 6.33 Å². The second-order valence-corrected chi connectivity index (χ2v) is 4.21. The Bertz CT molecular complexity index is 474. The van der Waals surface area contributed by atoms with E-state index in [1.807, 2.05) is 33.2 Å². The summed E-state index contributed by atoms with van der Waals surface area (Å²) in [6, 6.07) is 4.22. The third-order valence-electron chi connectivity index (χ3n) is 2.57. The Morgan fingerprint density at radius 3 is 2.76 bits per heavy atom. The minimum absolute atomic E-state index is 0.124. The van der Waals surface area contributed by atoms with Gasteiger partial charge in [0, 0.05) is 19.8 Å². The van der Waals surface area contributed by atoms with Crippen molar-refractivity contribution in [3.05, 3.63) is 41.7 Å². The topological polar surface area (TPSA) is 55.6 Å². The molecule has 1 N–H and O–H groups in total. The normalized spacial score (nSPS) is 12.6. The van der Waals surface area contributed by atoms with Crippen LogP contribution < -0.4 is 5.32 Å². The van der Waals surface area contributed by atoms with Gasteiger partial charge in [0.05, 0.1) is 11.7 Å². The fraction of sp³-hybridized carbons (Fsp3) is 0.417. The second-order valence-electron chi connectivity index (χ2n) is 4.21. The van der Waals surface area contributed by atoms with Gasteiger partial charge in [-0.1, -0.05) is 6.07 Å². The van der Waals surface area contributed by atoms with Crippen LogP contribution in [0.2, 0.25) is 0 Å². The second kappa shape index (κ2) is 5.05. The zero-order valence-corrected chi connectivity index (χ0v) is 10.4. The maximum Gasteiger partial charge on any atom is 0.167 e. The molecule has 2 heterocycles. The molecule has 5 heteroatoms. The Morgan fingerprint density at radius 1 is 1.35 bits per heavy atom. The lowest BCUT2D eigenvalue weighted by Gasteiger charge is -2.09. The van der Waals surface area contributed by atoms with E-state index in [1.165, 1.54) is 5.56 Å².